The van der Waals surface area contributed by atoms with E-state index in [-0.39, 0.29) is 11.9 Å². The molecule has 1 N–H and O–H groups in total. The molecule has 0 saturated heterocycles. The maximum atomic E-state index is 11.9. The summed E-state index contributed by atoms with van der Waals surface area (Å²) in [6, 6.07) is 7.57. The summed E-state index contributed by atoms with van der Waals surface area (Å²) < 4.78 is 0. The number of carbonyl (C=O) groups excluding carboxylic acids is 1. The Bertz CT molecular complexity index is 352. The number of rotatable bonds is 5. The van der Waals surface area contributed by atoms with Gasteiger partial charge in [-0.25, -0.2) is 0 Å². The summed E-state index contributed by atoms with van der Waals surface area (Å²) in [7, 11) is 0. The van der Waals surface area contributed by atoms with Crippen LogP contribution in [0.1, 0.15) is 43.5 Å². The van der Waals surface area contributed by atoms with Crippen LogP contribution >= 0.6 is 12.6 Å². The van der Waals surface area contributed by atoms with Crippen molar-refractivity contribution in [3.63, 3.8) is 0 Å². The van der Waals surface area contributed by atoms with Crippen molar-refractivity contribution in [2.45, 2.75) is 44.0 Å². The maximum absolute atomic E-state index is 11.9. The lowest BCUT2D eigenvalue weighted by Gasteiger charge is -2.14. The molecule has 1 rings (SSSR count). The minimum Gasteiger partial charge on any atom is -0.350 e. The summed E-state index contributed by atoms with van der Waals surface area (Å²) in [5, 5.41) is 2.98. The quantitative estimate of drug-likeness (QED) is 0.756. The highest BCUT2D eigenvalue weighted by atomic mass is 32.1. The van der Waals surface area contributed by atoms with Crippen LogP contribution in [0.4, 0.5) is 0 Å². The van der Waals surface area contributed by atoms with Gasteiger partial charge in [0.25, 0.3) is 5.91 Å². The van der Waals surface area contributed by atoms with E-state index >= 15 is 0 Å². The van der Waals surface area contributed by atoms with E-state index in [0.29, 0.717) is 5.56 Å². The zero-order valence-corrected chi connectivity index (χ0v) is 10.8. The molecule has 88 valence electrons. The van der Waals surface area contributed by atoms with Gasteiger partial charge in [0, 0.05) is 10.9 Å². The first kappa shape index (κ1) is 13.1. The molecular weight excluding hydrogens is 218 g/mol. The van der Waals surface area contributed by atoms with Crippen LogP contribution in [0, 0.1) is 0 Å². The van der Waals surface area contributed by atoms with Crippen molar-refractivity contribution in [2.24, 2.45) is 0 Å². The third-order valence-corrected chi connectivity index (χ3v) is 2.91. The number of carbonyl (C=O) groups is 1. The Morgan fingerprint density at radius 2 is 2.12 bits per heavy atom. The average molecular weight is 237 g/mol. The van der Waals surface area contributed by atoms with Crippen molar-refractivity contribution in [3.8, 4) is 0 Å². The molecule has 0 heterocycles. The molecule has 0 bridgehead atoms. The van der Waals surface area contributed by atoms with Gasteiger partial charge in [-0.15, -0.1) is 12.6 Å². The third-order valence-electron chi connectivity index (χ3n) is 2.52. The highest BCUT2D eigenvalue weighted by Gasteiger charge is 2.11. The van der Waals surface area contributed by atoms with E-state index in [1.165, 1.54) is 0 Å². The van der Waals surface area contributed by atoms with Gasteiger partial charge in [-0.1, -0.05) is 31.9 Å². The van der Waals surface area contributed by atoms with E-state index in [4.69, 9.17) is 0 Å². The van der Waals surface area contributed by atoms with Gasteiger partial charge < -0.3 is 5.32 Å². The van der Waals surface area contributed by atoms with E-state index in [2.05, 4.69) is 24.9 Å². The Morgan fingerprint density at radius 3 is 2.75 bits per heavy atom. The number of hydrogen-bond donors (Lipinski definition) is 2. The number of benzene rings is 1. The standard InChI is InChI=1S/C13H19NOS/c1-3-4-7-10(2)14-13(15)11-8-5-6-9-12(11)16/h5-6,8-10,16H,3-4,7H2,1-2H3,(H,14,15). The van der Waals surface area contributed by atoms with Crippen LogP contribution in [0.25, 0.3) is 0 Å². The molecule has 1 atom stereocenters. The van der Waals surface area contributed by atoms with Crippen LogP contribution in [-0.2, 0) is 0 Å². The molecule has 1 aromatic carbocycles. The maximum Gasteiger partial charge on any atom is 0.252 e. The first-order chi connectivity index (χ1) is 7.65. The molecule has 3 heteroatoms. The van der Waals surface area contributed by atoms with E-state index in [9.17, 15) is 4.79 Å². The highest BCUT2D eigenvalue weighted by molar-refractivity contribution is 7.80. The molecule has 0 saturated carbocycles. The molecule has 0 fully saturated rings. The number of thiol groups is 1. The van der Waals surface area contributed by atoms with Gasteiger partial charge in [0.05, 0.1) is 5.56 Å². The largest absolute Gasteiger partial charge is 0.350 e. The fourth-order valence-electron chi connectivity index (χ4n) is 1.55. The lowest BCUT2D eigenvalue weighted by molar-refractivity contribution is 0.0935. The zero-order chi connectivity index (χ0) is 12.0. The van der Waals surface area contributed by atoms with Crippen LogP contribution < -0.4 is 5.32 Å². The van der Waals surface area contributed by atoms with Gasteiger partial charge in [0.15, 0.2) is 0 Å². The number of amides is 1. The molecule has 0 radical (unpaired) electrons. The minimum atomic E-state index is -0.0331. The Morgan fingerprint density at radius 1 is 1.44 bits per heavy atom. The normalized spacial score (nSPS) is 12.2. The second kappa shape index (κ2) is 6.59. The monoisotopic (exact) mass is 237 g/mol. The van der Waals surface area contributed by atoms with Gasteiger partial charge in [-0.2, -0.15) is 0 Å². The number of nitrogens with one attached hydrogen (secondary N) is 1. The van der Waals surface area contributed by atoms with Crippen molar-refractivity contribution in [1.29, 1.82) is 0 Å². The van der Waals surface area contributed by atoms with E-state index < -0.39 is 0 Å². The Kier molecular flexibility index (Phi) is 5.39. The molecule has 0 aliphatic rings. The summed E-state index contributed by atoms with van der Waals surface area (Å²) in [5.41, 5.74) is 0.647. The molecule has 1 aromatic rings. The van der Waals surface area contributed by atoms with Crippen LogP contribution in [0.5, 0.6) is 0 Å². The van der Waals surface area contributed by atoms with Crippen molar-refractivity contribution >= 4 is 18.5 Å². The Hall–Kier alpha value is -0.960. The number of unbranched alkanes of at least 4 members (excludes halogenated alkanes) is 1. The van der Waals surface area contributed by atoms with Crippen molar-refractivity contribution in [2.75, 3.05) is 0 Å². The van der Waals surface area contributed by atoms with Gasteiger partial charge in [0.1, 0.15) is 0 Å². The van der Waals surface area contributed by atoms with Gasteiger partial charge in [0.2, 0.25) is 0 Å². The van der Waals surface area contributed by atoms with Crippen LogP contribution in [-0.4, -0.2) is 11.9 Å². The third kappa shape index (κ3) is 3.89. The summed E-state index contributed by atoms with van der Waals surface area (Å²) in [5.74, 6) is -0.0331. The highest BCUT2D eigenvalue weighted by Crippen LogP contribution is 2.13. The predicted molar refractivity (Wildman–Crippen MR) is 70.1 cm³/mol. The van der Waals surface area contributed by atoms with Crippen LogP contribution in [0.2, 0.25) is 0 Å². The van der Waals surface area contributed by atoms with Crippen LogP contribution in [0.3, 0.4) is 0 Å². The van der Waals surface area contributed by atoms with Crippen LogP contribution in [0.15, 0.2) is 29.2 Å². The zero-order valence-electron chi connectivity index (χ0n) is 9.86. The summed E-state index contributed by atoms with van der Waals surface area (Å²) in [4.78, 5) is 12.6. The van der Waals surface area contributed by atoms with Crippen molar-refractivity contribution < 1.29 is 4.79 Å². The molecular formula is C13H19NOS. The summed E-state index contributed by atoms with van der Waals surface area (Å²) in [6.07, 6.45) is 3.32. The predicted octanol–water partition coefficient (Wildman–Crippen LogP) is 3.28. The first-order valence-corrected chi connectivity index (χ1v) is 6.18. The fraction of sp³-hybridized carbons (Fsp3) is 0.462. The second-order valence-electron chi connectivity index (χ2n) is 4.03. The van der Waals surface area contributed by atoms with Crippen molar-refractivity contribution in [3.05, 3.63) is 29.8 Å². The van der Waals surface area contributed by atoms with E-state index in [1.54, 1.807) is 6.07 Å². The second-order valence-corrected chi connectivity index (χ2v) is 4.52. The molecule has 2 nitrogen and oxygen atoms in total. The molecule has 0 aromatic heterocycles. The van der Waals surface area contributed by atoms with E-state index in [0.717, 1.165) is 24.2 Å². The molecule has 1 unspecified atom stereocenters. The summed E-state index contributed by atoms with van der Waals surface area (Å²) in [6.45, 7) is 4.19. The summed E-state index contributed by atoms with van der Waals surface area (Å²) >= 11 is 4.27. The molecule has 0 aliphatic heterocycles. The van der Waals surface area contributed by atoms with Gasteiger partial charge in [-0.05, 0) is 25.5 Å². The lowest BCUT2D eigenvalue weighted by Crippen LogP contribution is -2.32. The average Bonchev–Trinajstić information content (AvgIpc) is 2.26. The molecule has 0 aliphatic carbocycles. The minimum absolute atomic E-state index is 0.0331. The first-order valence-electron chi connectivity index (χ1n) is 5.74. The molecule has 16 heavy (non-hydrogen) atoms. The fourth-order valence-corrected chi connectivity index (χ4v) is 1.81. The van der Waals surface area contributed by atoms with Crippen molar-refractivity contribution in [1.82, 2.24) is 5.32 Å². The molecule has 1 amide bonds. The smallest absolute Gasteiger partial charge is 0.252 e. The van der Waals surface area contributed by atoms with Gasteiger partial charge >= 0.3 is 0 Å². The van der Waals surface area contributed by atoms with Gasteiger partial charge in [-0.3, -0.25) is 4.79 Å². The Labute approximate surface area is 103 Å². The molecule has 0 spiro atoms. The van der Waals surface area contributed by atoms with E-state index in [1.807, 2.05) is 25.1 Å². The lowest BCUT2D eigenvalue weighted by atomic mass is 10.1. The topological polar surface area (TPSA) is 29.1 Å². The number of hydrogen-bond acceptors (Lipinski definition) is 2. The SMILES string of the molecule is CCCCC(C)NC(=O)c1ccccc1S. The Balaban J connectivity index is 2.56.